The molecule has 0 aliphatic rings. The average Bonchev–Trinajstić information content (AvgIpc) is 3.31. The minimum Gasteiger partial charge on any atom is -0.493 e. The van der Waals surface area contributed by atoms with Crippen LogP contribution in [-0.4, -0.2) is 34.0 Å². The molecule has 0 bridgehead atoms. The van der Waals surface area contributed by atoms with Gasteiger partial charge in [-0.1, -0.05) is 23.5 Å². The smallest absolute Gasteiger partial charge is 0.235 e. The first kappa shape index (κ1) is 15.1. The molecule has 0 unspecified atom stereocenters. The highest BCUT2D eigenvalue weighted by molar-refractivity contribution is 7.16. The van der Waals surface area contributed by atoms with E-state index in [9.17, 15) is 0 Å². The fourth-order valence-electron chi connectivity index (χ4n) is 2.45. The number of benzene rings is 1. The van der Waals surface area contributed by atoms with Crippen LogP contribution in [0, 0.1) is 0 Å². The summed E-state index contributed by atoms with van der Waals surface area (Å²) in [5, 5.41) is 16.1. The molecule has 4 aromatic rings. The molecule has 0 N–H and O–H groups in total. The lowest BCUT2D eigenvalue weighted by Crippen LogP contribution is -1.95. The van der Waals surface area contributed by atoms with Crippen molar-refractivity contribution in [2.24, 2.45) is 0 Å². The van der Waals surface area contributed by atoms with E-state index in [1.165, 1.54) is 0 Å². The van der Waals surface area contributed by atoms with Gasteiger partial charge in [-0.05, 0) is 29.1 Å². The number of methoxy groups -OCH3 is 2. The fourth-order valence-corrected chi connectivity index (χ4v) is 4.01. The van der Waals surface area contributed by atoms with Crippen LogP contribution in [0.25, 0.3) is 15.7 Å². The van der Waals surface area contributed by atoms with E-state index in [0.717, 1.165) is 37.7 Å². The zero-order valence-electron chi connectivity index (χ0n) is 13.1. The SMILES string of the molecule is COc1ccc(Cc2nn3c(-c4cccs4)nnc3s2)cc1OC. The second-order valence-electron chi connectivity index (χ2n) is 5.06. The minimum absolute atomic E-state index is 0.707. The number of aromatic nitrogens is 4. The Kier molecular flexibility index (Phi) is 3.91. The Morgan fingerprint density at radius 2 is 1.96 bits per heavy atom. The Morgan fingerprint density at radius 1 is 1.08 bits per heavy atom. The van der Waals surface area contributed by atoms with Crippen molar-refractivity contribution in [1.29, 1.82) is 0 Å². The highest BCUT2D eigenvalue weighted by atomic mass is 32.1. The van der Waals surface area contributed by atoms with Gasteiger partial charge in [0.2, 0.25) is 4.96 Å². The van der Waals surface area contributed by atoms with E-state index < -0.39 is 0 Å². The molecule has 0 radical (unpaired) electrons. The molecule has 0 saturated carbocycles. The third-order valence-corrected chi connectivity index (χ3v) is 5.34. The molecule has 122 valence electrons. The molecule has 0 spiro atoms. The zero-order valence-corrected chi connectivity index (χ0v) is 14.7. The Morgan fingerprint density at radius 3 is 2.71 bits per heavy atom. The summed E-state index contributed by atoms with van der Waals surface area (Å²) in [5.74, 6) is 2.23. The number of rotatable bonds is 5. The topological polar surface area (TPSA) is 61.5 Å². The fraction of sp³-hybridized carbons (Fsp3) is 0.188. The second-order valence-corrected chi connectivity index (χ2v) is 7.05. The van der Waals surface area contributed by atoms with E-state index in [4.69, 9.17) is 9.47 Å². The first-order chi connectivity index (χ1) is 11.8. The maximum Gasteiger partial charge on any atom is 0.235 e. The molecule has 0 atom stereocenters. The van der Waals surface area contributed by atoms with Gasteiger partial charge in [0.1, 0.15) is 5.01 Å². The molecule has 0 amide bonds. The van der Waals surface area contributed by atoms with Crippen LogP contribution in [0.3, 0.4) is 0 Å². The van der Waals surface area contributed by atoms with E-state index in [0.29, 0.717) is 6.42 Å². The Bertz CT molecular complexity index is 975. The number of hydrogen-bond donors (Lipinski definition) is 0. The number of fused-ring (bicyclic) bond motifs is 1. The maximum absolute atomic E-state index is 5.36. The summed E-state index contributed by atoms with van der Waals surface area (Å²) >= 11 is 3.17. The standard InChI is InChI=1S/C16H14N4O2S2/c1-21-11-6-5-10(8-12(11)22-2)9-14-19-20-15(13-4-3-7-23-13)17-18-16(20)24-14/h3-8H,9H2,1-2H3. The summed E-state index contributed by atoms with van der Waals surface area (Å²) < 4.78 is 12.4. The summed E-state index contributed by atoms with van der Waals surface area (Å²) in [6, 6.07) is 9.92. The van der Waals surface area contributed by atoms with Crippen LogP contribution in [0.4, 0.5) is 0 Å². The van der Waals surface area contributed by atoms with Gasteiger partial charge in [-0.3, -0.25) is 0 Å². The van der Waals surface area contributed by atoms with Crippen LogP contribution in [-0.2, 0) is 6.42 Å². The number of thiophene rings is 1. The van der Waals surface area contributed by atoms with Crippen molar-refractivity contribution in [3.8, 4) is 22.2 Å². The molecule has 0 aliphatic heterocycles. The molecule has 0 saturated heterocycles. The van der Waals surface area contributed by atoms with Crippen molar-refractivity contribution < 1.29 is 9.47 Å². The number of ether oxygens (including phenoxy) is 2. The number of nitrogens with zero attached hydrogens (tertiary/aromatic N) is 4. The molecule has 8 heteroatoms. The second kappa shape index (κ2) is 6.21. The van der Waals surface area contributed by atoms with Gasteiger partial charge in [0, 0.05) is 6.42 Å². The van der Waals surface area contributed by atoms with Crippen molar-refractivity contribution in [2.45, 2.75) is 6.42 Å². The first-order valence-electron chi connectivity index (χ1n) is 7.24. The van der Waals surface area contributed by atoms with Gasteiger partial charge in [-0.2, -0.15) is 9.61 Å². The number of hydrogen-bond acceptors (Lipinski definition) is 7. The van der Waals surface area contributed by atoms with E-state index in [2.05, 4.69) is 15.3 Å². The normalized spacial score (nSPS) is 11.1. The van der Waals surface area contributed by atoms with E-state index in [1.54, 1.807) is 36.9 Å². The lowest BCUT2D eigenvalue weighted by molar-refractivity contribution is 0.354. The van der Waals surface area contributed by atoms with Crippen LogP contribution in [0.15, 0.2) is 35.7 Å². The Balaban J connectivity index is 1.66. The lowest BCUT2D eigenvalue weighted by atomic mass is 10.1. The van der Waals surface area contributed by atoms with Crippen molar-refractivity contribution >= 4 is 27.6 Å². The van der Waals surface area contributed by atoms with Gasteiger partial charge >= 0.3 is 0 Å². The highest BCUT2D eigenvalue weighted by Crippen LogP contribution is 2.30. The van der Waals surface area contributed by atoms with Crippen LogP contribution >= 0.6 is 22.7 Å². The largest absolute Gasteiger partial charge is 0.493 e. The van der Waals surface area contributed by atoms with Gasteiger partial charge < -0.3 is 9.47 Å². The van der Waals surface area contributed by atoms with Crippen molar-refractivity contribution in [2.75, 3.05) is 14.2 Å². The summed E-state index contributed by atoms with van der Waals surface area (Å²) in [5.41, 5.74) is 1.11. The monoisotopic (exact) mass is 358 g/mol. The average molecular weight is 358 g/mol. The molecule has 6 nitrogen and oxygen atoms in total. The third-order valence-electron chi connectivity index (χ3n) is 3.58. The van der Waals surface area contributed by atoms with E-state index in [-0.39, 0.29) is 0 Å². The lowest BCUT2D eigenvalue weighted by Gasteiger charge is -2.08. The van der Waals surface area contributed by atoms with Gasteiger partial charge in [0.25, 0.3) is 0 Å². The summed E-state index contributed by atoms with van der Waals surface area (Å²) in [7, 11) is 3.27. The summed E-state index contributed by atoms with van der Waals surface area (Å²) in [4.78, 5) is 1.86. The van der Waals surface area contributed by atoms with E-state index >= 15 is 0 Å². The summed E-state index contributed by atoms with van der Waals surface area (Å²) in [6.45, 7) is 0. The van der Waals surface area contributed by atoms with Crippen LogP contribution in [0.2, 0.25) is 0 Å². The molecular formula is C16H14N4O2S2. The zero-order chi connectivity index (χ0) is 16.5. The Labute approximate surface area is 146 Å². The third kappa shape index (κ3) is 2.63. The highest BCUT2D eigenvalue weighted by Gasteiger charge is 2.15. The van der Waals surface area contributed by atoms with E-state index in [1.807, 2.05) is 40.2 Å². The van der Waals surface area contributed by atoms with Crippen molar-refractivity contribution in [3.05, 3.63) is 46.3 Å². The molecule has 3 aromatic heterocycles. The predicted molar refractivity (Wildman–Crippen MR) is 94.3 cm³/mol. The molecule has 24 heavy (non-hydrogen) atoms. The maximum atomic E-state index is 5.36. The molecule has 1 aromatic carbocycles. The van der Waals surface area contributed by atoms with Gasteiger partial charge in [-0.25, -0.2) is 0 Å². The van der Waals surface area contributed by atoms with Crippen molar-refractivity contribution in [1.82, 2.24) is 19.8 Å². The van der Waals surface area contributed by atoms with Gasteiger partial charge in [0.05, 0.1) is 19.1 Å². The van der Waals surface area contributed by atoms with Gasteiger partial charge in [-0.15, -0.1) is 21.5 Å². The van der Waals surface area contributed by atoms with Crippen LogP contribution in [0.5, 0.6) is 11.5 Å². The minimum atomic E-state index is 0.707. The van der Waals surface area contributed by atoms with Gasteiger partial charge in [0.15, 0.2) is 17.3 Å². The van der Waals surface area contributed by atoms with Crippen molar-refractivity contribution in [3.63, 3.8) is 0 Å². The van der Waals surface area contributed by atoms with Crippen LogP contribution in [0.1, 0.15) is 10.6 Å². The molecule has 0 aliphatic carbocycles. The molecule has 3 heterocycles. The molecular weight excluding hydrogens is 344 g/mol. The first-order valence-corrected chi connectivity index (χ1v) is 8.94. The predicted octanol–water partition coefficient (Wildman–Crippen LogP) is 3.52. The molecule has 4 rings (SSSR count). The quantitative estimate of drug-likeness (QED) is 0.546. The van der Waals surface area contributed by atoms with Crippen LogP contribution < -0.4 is 9.47 Å². The molecule has 0 fully saturated rings. The summed E-state index contributed by atoms with van der Waals surface area (Å²) in [6.07, 6.45) is 0.707. The Hall–Kier alpha value is -2.45.